The summed E-state index contributed by atoms with van der Waals surface area (Å²) >= 11 is 5.86. The quantitative estimate of drug-likeness (QED) is 0.874. The highest BCUT2D eigenvalue weighted by atomic mass is 35.5. The van der Waals surface area contributed by atoms with Crippen molar-refractivity contribution in [2.45, 2.75) is 26.3 Å². The Balaban J connectivity index is 1.84. The number of rotatable bonds is 3. The summed E-state index contributed by atoms with van der Waals surface area (Å²) in [6, 6.07) is 12.0. The molecular weight excluding hydrogens is 312 g/mol. The molecule has 118 valence electrons. The lowest BCUT2D eigenvalue weighted by molar-refractivity contribution is -0.121. The molecule has 1 aliphatic heterocycles. The fraction of sp³-hybridized carbons (Fsp3) is 0.222. The molecular formula is C18H17ClN2O2. The van der Waals surface area contributed by atoms with Crippen molar-refractivity contribution in [1.29, 1.82) is 0 Å². The van der Waals surface area contributed by atoms with Gasteiger partial charge >= 0.3 is 0 Å². The van der Waals surface area contributed by atoms with Gasteiger partial charge in [0.15, 0.2) is 0 Å². The fourth-order valence-electron chi connectivity index (χ4n) is 2.70. The molecule has 1 heterocycles. The van der Waals surface area contributed by atoms with E-state index in [1.54, 1.807) is 24.3 Å². The molecule has 0 aliphatic carbocycles. The minimum absolute atomic E-state index is 0.148. The number of carbonyl (C=O) groups is 2. The molecule has 4 nitrogen and oxygen atoms in total. The maximum atomic E-state index is 12.6. The largest absolute Gasteiger partial charge is 0.373 e. The number of aryl methyl sites for hydroxylation is 1. The molecule has 2 aromatic carbocycles. The van der Waals surface area contributed by atoms with Crippen molar-refractivity contribution in [2.75, 3.05) is 10.2 Å². The topological polar surface area (TPSA) is 49.4 Å². The van der Waals surface area contributed by atoms with Crippen molar-refractivity contribution >= 4 is 34.8 Å². The predicted molar refractivity (Wildman–Crippen MR) is 91.9 cm³/mol. The Hall–Kier alpha value is -2.33. The molecule has 0 aromatic heterocycles. The first kappa shape index (κ1) is 15.6. The van der Waals surface area contributed by atoms with E-state index in [0.29, 0.717) is 10.7 Å². The van der Waals surface area contributed by atoms with Gasteiger partial charge in [-0.3, -0.25) is 9.59 Å². The third-order valence-electron chi connectivity index (χ3n) is 4.17. The van der Waals surface area contributed by atoms with Gasteiger partial charge in [0.2, 0.25) is 5.91 Å². The number of amides is 2. The zero-order chi connectivity index (χ0) is 16.6. The van der Waals surface area contributed by atoms with Gasteiger partial charge in [-0.15, -0.1) is 0 Å². The molecule has 0 saturated carbocycles. The summed E-state index contributed by atoms with van der Waals surface area (Å²) in [5, 5.41) is 3.77. The van der Waals surface area contributed by atoms with Gasteiger partial charge in [-0.1, -0.05) is 23.7 Å². The number of nitrogens with one attached hydrogen (secondary N) is 1. The van der Waals surface area contributed by atoms with Crippen molar-refractivity contribution in [3.63, 3.8) is 0 Å². The van der Waals surface area contributed by atoms with Crippen LogP contribution in [0.4, 0.5) is 11.4 Å². The minimum atomic E-state index is -0.543. The Morgan fingerprint density at radius 1 is 1.09 bits per heavy atom. The van der Waals surface area contributed by atoms with Crippen molar-refractivity contribution in [2.24, 2.45) is 0 Å². The lowest BCUT2D eigenvalue weighted by atomic mass is 10.1. The molecule has 23 heavy (non-hydrogen) atoms. The van der Waals surface area contributed by atoms with E-state index in [9.17, 15) is 9.59 Å². The van der Waals surface area contributed by atoms with Gasteiger partial charge in [0.25, 0.3) is 5.91 Å². The number of halogens is 1. The maximum Gasteiger partial charge on any atom is 0.256 e. The molecule has 2 aromatic rings. The first-order chi connectivity index (χ1) is 11.0. The molecule has 1 atom stereocenters. The summed E-state index contributed by atoms with van der Waals surface area (Å²) in [5.41, 5.74) is 3.66. The first-order valence-corrected chi connectivity index (χ1v) is 7.80. The summed E-state index contributed by atoms with van der Waals surface area (Å²) < 4.78 is 0. The number of benzene rings is 2. The number of anilines is 2. The van der Waals surface area contributed by atoms with Crippen LogP contribution in [-0.2, 0) is 9.59 Å². The summed E-state index contributed by atoms with van der Waals surface area (Å²) in [4.78, 5) is 26.1. The van der Waals surface area contributed by atoms with Gasteiger partial charge in [-0.05, 0) is 55.3 Å². The highest BCUT2D eigenvalue weighted by molar-refractivity contribution is 6.30. The molecule has 2 amide bonds. The molecule has 1 aliphatic rings. The van der Waals surface area contributed by atoms with Gasteiger partial charge in [0, 0.05) is 10.7 Å². The van der Waals surface area contributed by atoms with E-state index in [4.69, 9.17) is 11.6 Å². The molecule has 0 spiro atoms. The number of hydrogen-bond donors (Lipinski definition) is 1. The van der Waals surface area contributed by atoms with E-state index >= 15 is 0 Å². The Labute approximate surface area is 140 Å². The number of nitrogens with zero attached hydrogens (tertiary/aromatic N) is 1. The maximum absolute atomic E-state index is 12.6. The lowest BCUT2D eigenvalue weighted by Gasteiger charge is -2.17. The van der Waals surface area contributed by atoms with Crippen LogP contribution < -0.4 is 10.2 Å². The first-order valence-electron chi connectivity index (χ1n) is 7.42. The van der Waals surface area contributed by atoms with E-state index in [2.05, 4.69) is 5.32 Å². The van der Waals surface area contributed by atoms with E-state index in [-0.39, 0.29) is 18.2 Å². The fourth-order valence-corrected chi connectivity index (χ4v) is 2.83. The number of carbonyl (C=O) groups excluding carboxylic acids is 2. The van der Waals surface area contributed by atoms with Crippen LogP contribution in [0.1, 0.15) is 17.5 Å². The Morgan fingerprint density at radius 2 is 1.78 bits per heavy atom. The summed E-state index contributed by atoms with van der Waals surface area (Å²) in [7, 11) is 0. The van der Waals surface area contributed by atoms with Crippen molar-refractivity contribution in [3.05, 3.63) is 58.6 Å². The van der Waals surface area contributed by atoms with E-state index < -0.39 is 6.04 Å². The Bertz CT molecular complexity index is 771. The van der Waals surface area contributed by atoms with E-state index in [1.165, 1.54) is 4.90 Å². The summed E-state index contributed by atoms with van der Waals surface area (Å²) in [6.07, 6.45) is 0.148. The second kappa shape index (κ2) is 6.05. The van der Waals surface area contributed by atoms with Gasteiger partial charge < -0.3 is 5.32 Å². The minimum Gasteiger partial charge on any atom is -0.373 e. The normalized spacial score (nSPS) is 17.7. The number of imide groups is 1. The van der Waals surface area contributed by atoms with Crippen LogP contribution in [0, 0.1) is 13.8 Å². The summed E-state index contributed by atoms with van der Waals surface area (Å²) in [6.45, 7) is 4.01. The standard InChI is InChI=1S/C18H17ClN2O2/c1-11-4-3-5-15(12(11)2)20-16-10-17(22)21(18(16)23)14-8-6-13(19)7-9-14/h3-9,16,20H,10H2,1-2H3. The highest BCUT2D eigenvalue weighted by Gasteiger charge is 2.39. The van der Waals surface area contributed by atoms with Gasteiger partial charge in [-0.2, -0.15) is 0 Å². The molecule has 0 radical (unpaired) electrons. The highest BCUT2D eigenvalue weighted by Crippen LogP contribution is 2.27. The smallest absolute Gasteiger partial charge is 0.256 e. The van der Waals surface area contributed by atoms with E-state index in [1.807, 2.05) is 32.0 Å². The second-order valence-electron chi connectivity index (χ2n) is 5.69. The molecule has 5 heteroatoms. The van der Waals surface area contributed by atoms with Crippen LogP contribution in [0.2, 0.25) is 5.02 Å². The molecule has 1 fully saturated rings. The SMILES string of the molecule is Cc1cccc(NC2CC(=O)N(c3ccc(Cl)cc3)C2=O)c1C. The van der Waals surface area contributed by atoms with Crippen LogP contribution in [0.25, 0.3) is 0 Å². The monoisotopic (exact) mass is 328 g/mol. The Kier molecular flexibility index (Phi) is 4.09. The summed E-state index contributed by atoms with van der Waals surface area (Å²) in [5.74, 6) is -0.446. The van der Waals surface area contributed by atoms with Crippen LogP contribution in [0.3, 0.4) is 0 Å². The van der Waals surface area contributed by atoms with Crippen molar-refractivity contribution < 1.29 is 9.59 Å². The van der Waals surface area contributed by atoms with Gasteiger partial charge in [0.05, 0.1) is 12.1 Å². The zero-order valence-electron chi connectivity index (χ0n) is 13.0. The van der Waals surface area contributed by atoms with Crippen molar-refractivity contribution in [1.82, 2.24) is 0 Å². The van der Waals surface area contributed by atoms with Crippen molar-refractivity contribution in [3.8, 4) is 0 Å². The third kappa shape index (κ3) is 2.94. The van der Waals surface area contributed by atoms with Gasteiger partial charge in [0.1, 0.15) is 6.04 Å². The second-order valence-corrected chi connectivity index (χ2v) is 6.13. The Morgan fingerprint density at radius 3 is 2.48 bits per heavy atom. The molecule has 3 rings (SSSR count). The number of hydrogen-bond acceptors (Lipinski definition) is 3. The lowest BCUT2D eigenvalue weighted by Crippen LogP contribution is -2.34. The molecule has 1 N–H and O–H groups in total. The third-order valence-corrected chi connectivity index (χ3v) is 4.42. The van der Waals surface area contributed by atoms with Crippen LogP contribution in [-0.4, -0.2) is 17.9 Å². The predicted octanol–water partition coefficient (Wildman–Crippen LogP) is 3.70. The average molecular weight is 329 g/mol. The molecule has 0 bridgehead atoms. The van der Waals surface area contributed by atoms with Gasteiger partial charge in [-0.25, -0.2) is 4.90 Å². The van der Waals surface area contributed by atoms with Crippen LogP contribution >= 0.6 is 11.6 Å². The molecule has 1 saturated heterocycles. The molecule has 1 unspecified atom stereocenters. The zero-order valence-corrected chi connectivity index (χ0v) is 13.7. The van der Waals surface area contributed by atoms with Crippen LogP contribution in [0.5, 0.6) is 0 Å². The van der Waals surface area contributed by atoms with E-state index in [0.717, 1.165) is 16.8 Å². The average Bonchev–Trinajstić information content (AvgIpc) is 2.79. The van der Waals surface area contributed by atoms with Crippen LogP contribution in [0.15, 0.2) is 42.5 Å².